The molecule has 0 fully saturated rings. The fourth-order valence-corrected chi connectivity index (χ4v) is 3.14. The molecule has 32 nitrogen and oxygen atoms in total. The molecular weight excluding hydrogens is 664 g/mol. The number of azo groups is 4. The third kappa shape index (κ3) is 8.06. The summed E-state index contributed by atoms with van der Waals surface area (Å²) in [5.74, 6) is 0.0253. The maximum absolute atomic E-state index is 5.88. The van der Waals surface area contributed by atoms with Crippen LogP contribution in [0.25, 0.3) is 11.9 Å². The zero-order valence-corrected chi connectivity index (χ0v) is 26.0. The molecular formula is C18H22N32. The van der Waals surface area contributed by atoms with Crippen LogP contribution in [0.15, 0.2) is 40.9 Å². The number of aromatic nitrogens is 20. The van der Waals surface area contributed by atoms with E-state index in [-0.39, 0.29) is 78.0 Å². The van der Waals surface area contributed by atoms with Crippen LogP contribution in [0.2, 0.25) is 0 Å². The second-order valence-corrected chi connectivity index (χ2v) is 9.92. The van der Waals surface area contributed by atoms with Crippen LogP contribution >= 0.6 is 0 Å². The number of hydrogen-bond donors (Lipinski definition) is 6. The molecule has 0 aliphatic heterocycles. The highest BCUT2D eigenvalue weighted by molar-refractivity contribution is 5.43. The van der Waals surface area contributed by atoms with E-state index in [9.17, 15) is 0 Å². The van der Waals surface area contributed by atoms with Crippen molar-refractivity contribution in [2.45, 2.75) is 26.3 Å². The summed E-state index contributed by atoms with van der Waals surface area (Å²) in [6.45, 7) is 5.39. The van der Waals surface area contributed by atoms with E-state index in [1.54, 1.807) is 0 Å². The minimum atomic E-state index is -0.419. The molecule has 6 aromatic heterocycles. The van der Waals surface area contributed by atoms with Crippen molar-refractivity contribution in [2.24, 2.45) is 40.9 Å². The van der Waals surface area contributed by atoms with Gasteiger partial charge in [-0.25, -0.2) is 10.2 Å². The predicted octanol–water partition coefficient (Wildman–Crippen LogP) is 0.317. The van der Waals surface area contributed by atoms with E-state index in [0.717, 1.165) is 9.36 Å². The normalized spacial score (nSPS) is 12.3. The highest BCUT2D eigenvalue weighted by Crippen LogP contribution is 2.17. The average Bonchev–Trinajstić information content (AvgIpc) is 3.89. The molecule has 8 N–H and O–H groups in total. The molecule has 0 aromatic carbocycles. The van der Waals surface area contributed by atoms with Crippen LogP contribution in [0.4, 0.5) is 59.5 Å². The van der Waals surface area contributed by atoms with Crippen molar-refractivity contribution in [3.63, 3.8) is 0 Å². The summed E-state index contributed by atoms with van der Waals surface area (Å²) in [7, 11) is 1.48. The van der Waals surface area contributed by atoms with Crippen molar-refractivity contribution in [3.8, 4) is 11.9 Å². The summed E-state index contributed by atoms with van der Waals surface area (Å²) >= 11 is 0. The van der Waals surface area contributed by atoms with Gasteiger partial charge in [-0.05, 0) is 20.8 Å². The van der Waals surface area contributed by atoms with Crippen LogP contribution in [0.3, 0.4) is 0 Å². The number of H-pyrrole nitrogens is 2. The fourth-order valence-electron chi connectivity index (χ4n) is 3.14. The van der Waals surface area contributed by atoms with Crippen molar-refractivity contribution < 1.29 is 0 Å². The highest BCUT2D eigenvalue weighted by atomic mass is 15.5. The number of nitrogens with one attached hydrogen (secondary N) is 4. The molecule has 32 heteroatoms. The van der Waals surface area contributed by atoms with E-state index in [0.29, 0.717) is 0 Å². The Labute approximate surface area is 275 Å². The molecule has 0 atom stereocenters. The van der Waals surface area contributed by atoms with Gasteiger partial charge in [0.25, 0.3) is 47.6 Å². The summed E-state index contributed by atoms with van der Waals surface area (Å²) in [4.78, 5) is 16.0. The second-order valence-electron chi connectivity index (χ2n) is 9.92. The van der Waals surface area contributed by atoms with Gasteiger partial charge >= 0.3 is 0 Å². The Bertz CT molecular complexity index is 2150. The highest BCUT2D eigenvalue weighted by Gasteiger charge is 2.16. The van der Waals surface area contributed by atoms with Gasteiger partial charge in [-0.1, -0.05) is 0 Å². The molecule has 0 saturated carbocycles. The standard InChI is InChI=1S/C18H22N32/c1-18(2,3)48-41-15-25-7(20)50(47-15)17-44-39-13(40-45-17)29-9-27-11(36-34-9)31-22-5-23-32-14-24-6(19)49(46-14)16-42-37-12(38-43-16)28-8-26-10(30-21-4)35-33-8/h5H2,1-4H3,(H2,19,24,46)(H2,20,25,47)(H2,26,28,33,35,37,38)(H2,27,29,34,36,39,40)/b30-21+,31-22+,32-23+,48-41?. The zero-order valence-electron chi connectivity index (χ0n) is 26.0. The van der Waals surface area contributed by atoms with Crippen LogP contribution in [0.5, 0.6) is 0 Å². The van der Waals surface area contributed by atoms with Crippen LogP contribution in [0.1, 0.15) is 20.8 Å². The van der Waals surface area contributed by atoms with Crippen LogP contribution in [-0.4, -0.2) is 120 Å². The molecule has 6 heterocycles. The number of rotatable bonds is 12. The van der Waals surface area contributed by atoms with E-state index in [4.69, 9.17) is 11.5 Å². The third-order valence-corrected chi connectivity index (χ3v) is 5.04. The van der Waals surface area contributed by atoms with E-state index >= 15 is 0 Å². The second kappa shape index (κ2) is 13.8. The summed E-state index contributed by atoms with van der Waals surface area (Å²) in [5.41, 5.74) is 11.3. The maximum Gasteiger partial charge on any atom is 0.292 e. The SMILES string of the molecule is C/N=N/c1n[nH]c(Nc2nnc(-n3nc(/N=N/C/N=N/c4n[nH]c(Nc5nnc(-n6nc(N=NC(C)(C)C)nc6N)nn5)n4)nc3N)nn2)n1. The lowest BCUT2D eigenvalue weighted by atomic mass is 10.1. The monoisotopic (exact) mass is 686 g/mol. The van der Waals surface area contributed by atoms with Crippen molar-refractivity contribution >= 4 is 59.5 Å². The molecule has 254 valence electrons. The molecule has 0 spiro atoms. The van der Waals surface area contributed by atoms with E-state index in [1.807, 2.05) is 20.8 Å². The van der Waals surface area contributed by atoms with Crippen molar-refractivity contribution in [2.75, 3.05) is 35.8 Å². The third-order valence-electron chi connectivity index (χ3n) is 5.04. The van der Waals surface area contributed by atoms with Crippen LogP contribution in [-0.2, 0) is 0 Å². The number of nitrogens with zero attached hydrogens (tertiary/aromatic N) is 26. The minimum absolute atomic E-state index is 0.00423. The predicted molar refractivity (Wildman–Crippen MR) is 162 cm³/mol. The molecule has 6 aromatic rings. The molecule has 0 bridgehead atoms. The summed E-state index contributed by atoms with van der Waals surface area (Å²) in [6, 6.07) is 0. The van der Waals surface area contributed by atoms with Gasteiger partial charge in [-0.2, -0.15) is 49.8 Å². The van der Waals surface area contributed by atoms with Crippen LogP contribution < -0.4 is 22.1 Å². The van der Waals surface area contributed by atoms with Crippen molar-refractivity contribution in [3.05, 3.63) is 0 Å². The fraction of sp³-hybridized carbons (Fsp3) is 0.333. The zero-order chi connectivity index (χ0) is 35.1. The molecule has 0 aliphatic rings. The summed E-state index contributed by atoms with van der Waals surface area (Å²) in [6.07, 6.45) is 0. The largest absolute Gasteiger partial charge is 0.368 e. The summed E-state index contributed by atoms with van der Waals surface area (Å²) < 4.78 is 2.17. The number of aromatic amines is 2. The molecule has 0 saturated heterocycles. The van der Waals surface area contributed by atoms with E-state index < -0.39 is 5.54 Å². The van der Waals surface area contributed by atoms with Crippen LogP contribution in [0, 0.1) is 0 Å². The van der Waals surface area contributed by atoms with Gasteiger partial charge < -0.3 is 11.5 Å². The Morgan fingerprint density at radius 3 is 1.56 bits per heavy atom. The molecule has 6 rings (SSSR count). The Kier molecular flexibility index (Phi) is 8.83. The Morgan fingerprint density at radius 2 is 1.08 bits per heavy atom. The first-order chi connectivity index (χ1) is 24.1. The molecule has 0 amide bonds. The van der Waals surface area contributed by atoms with Gasteiger partial charge in [0.2, 0.25) is 23.8 Å². The first-order valence-corrected chi connectivity index (χ1v) is 13.6. The Hall–Kier alpha value is -7.96. The molecule has 50 heavy (non-hydrogen) atoms. The quantitative estimate of drug-likeness (QED) is 0.0943. The molecule has 0 unspecified atom stereocenters. The Balaban J connectivity index is 0.992. The molecule has 0 aliphatic carbocycles. The van der Waals surface area contributed by atoms with Crippen molar-refractivity contribution in [1.29, 1.82) is 0 Å². The van der Waals surface area contributed by atoms with E-state index in [2.05, 4.69) is 143 Å². The smallest absolute Gasteiger partial charge is 0.292 e. The van der Waals surface area contributed by atoms with Gasteiger partial charge in [0.1, 0.15) is 0 Å². The Morgan fingerprint density at radius 1 is 0.620 bits per heavy atom. The number of nitrogens with two attached hydrogens (primary N) is 2. The van der Waals surface area contributed by atoms with Gasteiger partial charge in [-0.3, -0.25) is 10.6 Å². The van der Waals surface area contributed by atoms with E-state index in [1.165, 1.54) is 7.05 Å². The van der Waals surface area contributed by atoms with Gasteiger partial charge in [-0.15, -0.1) is 81.6 Å². The summed E-state index contributed by atoms with van der Waals surface area (Å²) in [5, 5.41) is 88.3. The number of hydrogen-bond acceptors (Lipinski definition) is 28. The topological polar surface area (TPSA) is 423 Å². The average molecular weight is 687 g/mol. The minimum Gasteiger partial charge on any atom is -0.368 e. The number of nitrogen functional groups attached to an aromatic ring is 2. The number of anilines is 6. The lowest BCUT2D eigenvalue weighted by Crippen LogP contribution is -2.11. The van der Waals surface area contributed by atoms with Crippen molar-refractivity contribution in [1.82, 2.24) is 101 Å². The van der Waals surface area contributed by atoms with Gasteiger partial charge in [0.05, 0.1) is 5.54 Å². The lowest BCUT2D eigenvalue weighted by molar-refractivity contribution is 0.549. The van der Waals surface area contributed by atoms with Gasteiger partial charge in [0, 0.05) is 7.05 Å². The first-order valence-electron chi connectivity index (χ1n) is 13.6. The lowest BCUT2D eigenvalue weighted by Gasteiger charge is -2.07. The first kappa shape index (κ1) is 32.0. The van der Waals surface area contributed by atoms with Gasteiger partial charge in [0.15, 0.2) is 6.67 Å². The maximum atomic E-state index is 5.88. The molecule has 0 radical (unpaired) electrons.